The number of carbonyl (C=O) groups is 1. The van der Waals surface area contributed by atoms with Gasteiger partial charge in [0.1, 0.15) is 0 Å². The molecule has 11 heavy (non-hydrogen) atoms. The van der Waals surface area contributed by atoms with Gasteiger partial charge in [-0.2, -0.15) is 0 Å². The summed E-state index contributed by atoms with van der Waals surface area (Å²) in [5.41, 5.74) is -0.185. The van der Waals surface area contributed by atoms with Crippen molar-refractivity contribution in [3.05, 3.63) is 0 Å². The van der Waals surface area contributed by atoms with E-state index in [-0.39, 0.29) is 5.54 Å². The zero-order chi connectivity index (χ0) is 8.32. The molecule has 0 radical (unpaired) electrons. The second-order valence-electron chi connectivity index (χ2n) is 3.54. The zero-order valence-electron chi connectivity index (χ0n) is 7.44. The number of rotatable bonds is 3. The van der Waals surface area contributed by atoms with Gasteiger partial charge in [0.2, 0.25) is 0 Å². The standard InChI is InChI=1S/C9H17NO/c1-3-5-8(11)9(2)6-4-7-10-9/h10H,3-7H2,1-2H3/t9-/m1/s1. The van der Waals surface area contributed by atoms with Crippen molar-refractivity contribution in [3.63, 3.8) is 0 Å². The Balaban J connectivity index is 2.49. The highest BCUT2D eigenvalue weighted by molar-refractivity contribution is 5.88. The molecule has 2 heteroatoms. The van der Waals surface area contributed by atoms with Crippen molar-refractivity contribution in [1.82, 2.24) is 5.32 Å². The van der Waals surface area contributed by atoms with Gasteiger partial charge in [-0.05, 0) is 32.7 Å². The first kappa shape index (κ1) is 8.72. The minimum atomic E-state index is -0.185. The largest absolute Gasteiger partial charge is 0.305 e. The third-order valence-electron chi connectivity index (χ3n) is 2.46. The normalized spacial score (nSPS) is 30.7. The average Bonchev–Trinajstić information content (AvgIpc) is 2.38. The molecule has 0 unspecified atom stereocenters. The SMILES string of the molecule is CCCC(=O)[C@@]1(C)CCCN1. The highest BCUT2D eigenvalue weighted by atomic mass is 16.1. The van der Waals surface area contributed by atoms with Crippen LogP contribution < -0.4 is 5.32 Å². The van der Waals surface area contributed by atoms with Crippen LogP contribution in [0.3, 0.4) is 0 Å². The number of Topliss-reactive ketones (excluding diaryl/α,β-unsaturated/α-hetero) is 1. The molecule has 0 saturated carbocycles. The quantitative estimate of drug-likeness (QED) is 0.669. The van der Waals surface area contributed by atoms with E-state index in [9.17, 15) is 4.79 Å². The molecule has 0 bridgehead atoms. The van der Waals surface area contributed by atoms with E-state index in [0.717, 1.165) is 32.2 Å². The minimum absolute atomic E-state index is 0.185. The van der Waals surface area contributed by atoms with Crippen molar-refractivity contribution in [2.45, 2.75) is 45.1 Å². The molecule has 0 aliphatic carbocycles. The summed E-state index contributed by atoms with van der Waals surface area (Å²) in [6.07, 6.45) is 3.86. The molecule has 1 saturated heterocycles. The van der Waals surface area contributed by atoms with E-state index in [1.807, 2.05) is 6.92 Å². The lowest BCUT2D eigenvalue weighted by Crippen LogP contribution is -2.44. The number of carbonyl (C=O) groups excluding carboxylic acids is 1. The lowest BCUT2D eigenvalue weighted by Gasteiger charge is -2.21. The summed E-state index contributed by atoms with van der Waals surface area (Å²) in [6, 6.07) is 0. The summed E-state index contributed by atoms with van der Waals surface area (Å²) in [7, 11) is 0. The summed E-state index contributed by atoms with van der Waals surface area (Å²) < 4.78 is 0. The lowest BCUT2D eigenvalue weighted by molar-refractivity contribution is -0.124. The second kappa shape index (κ2) is 3.35. The van der Waals surface area contributed by atoms with Crippen LogP contribution in [0.2, 0.25) is 0 Å². The highest BCUT2D eigenvalue weighted by Crippen LogP contribution is 2.21. The van der Waals surface area contributed by atoms with E-state index in [4.69, 9.17) is 0 Å². The molecular weight excluding hydrogens is 138 g/mol. The number of ketones is 1. The Labute approximate surface area is 68.4 Å². The molecule has 0 aromatic rings. The van der Waals surface area contributed by atoms with E-state index in [2.05, 4.69) is 12.2 Å². The van der Waals surface area contributed by atoms with E-state index < -0.39 is 0 Å². The maximum atomic E-state index is 11.5. The van der Waals surface area contributed by atoms with Crippen LogP contribution in [0, 0.1) is 0 Å². The summed E-state index contributed by atoms with van der Waals surface area (Å²) >= 11 is 0. The van der Waals surface area contributed by atoms with Crippen LogP contribution >= 0.6 is 0 Å². The summed E-state index contributed by atoms with van der Waals surface area (Å²) in [4.78, 5) is 11.5. The lowest BCUT2D eigenvalue weighted by atomic mass is 9.92. The predicted molar refractivity (Wildman–Crippen MR) is 45.6 cm³/mol. The van der Waals surface area contributed by atoms with Crippen molar-refractivity contribution in [2.75, 3.05) is 6.54 Å². The molecule has 0 spiro atoms. The molecule has 0 aromatic heterocycles. The first-order valence-corrected chi connectivity index (χ1v) is 4.47. The third kappa shape index (κ3) is 1.80. The van der Waals surface area contributed by atoms with Crippen LogP contribution in [0.15, 0.2) is 0 Å². The molecule has 1 aliphatic heterocycles. The number of hydrogen-bond donors (Lipinski definition) is 1. The van der Waals surface area contributed by atoms with Crippen molar-refractivity contribution < 1.29 is 4.79 Å². The van der Waals surface area contributed by atoms with Gasteiger partial charge < -0.3 is 5.32 Å². The molecule has 64 valence electrons. The van der Waals surface area contributed by atoms with Gasteiger partial charge in [-0.1, -0.05) is 6.92 Å². The van der Waals surface area contributed by atoms with Gasteiger partial charge in [-0.15, -0.1) is 0 Å². The molecule has 1 rings (SSSR count). The molecule has 0 amide bonds. The van der Waals surface area contributed by atoms with E-state index in [1.54, 1.807) is 0 Å². The van der Waals surface area contributed by atoms with E-state index in [0.29, 0.717) is 5.78 Å². The Bertz CT molecular complexity index is 148. The van der Waals surface area contributed by atoms with Gasteiger partial charge in [-0.3, -0.25) is 4.79 Å². The van der Waals surface area contributed by atoms with Gasteiger partial charge in [0.25, 0.3) is 0 Å². The van der Waals surface area contributed by atoms with Gasteiger partial charge in [0.05, 0.1) is 5.54 Å². The first-order chi connectivity index (χ1) is 5.19. The Morgan fingerprint density at radius 2 is 2.36 bits per heavy atom. The Kier molecular flexibility index (Phi) is 2.66. The third-order valence-corrected chi connectivity index (χ3v) is 2.46. The molecule has 1 fully saturated rings. The first-order valence-electron chi connectivity index (χ1n) is 4.47. The zero-order valence-corrected chi connectivity index (χ0v) is 7.44. The summed E-state index contributed by atoms with van der Waals surface area (Å²) in [6.45, 7) is 5.08. The fourth-order valence-electron chi connectivity index (χ4n) is 1.64. The van der Waals surface area contributed by atoms with Gasteiger partial charge in [-0.25, -0.2) is 0 Å². The predicted octanol–water partition coefficient (Wildman–Crippen LogP) is 1.50. The fraction of sp³-hybridized carbons (Fsp3) is 0.889. The maximum absolute atomic E-state index is 11.5. The Morgan fingerprint density at radius 3 is 2.82 bits per heavy atom. The molecule has 1 atom stereocenters. The topological polar surface area (TPSA) is 29.1 Å². The fourth-order valence-corrected chi connectivity index (χ4v) is 1.64. The molecule has 2 nitrogen and oxygen atoms in total. The van der Waals surface area contributed by atoms with Crippen molar-refractivity contribution in [2.24, 2.45) is 0 Å². The van der Waals surface area contributed by atoms with E-state index >= 15 is 0 Å². The van der Waals surface area contributed by atoms with Crippen molar-refractivity contribution in [3.8, 4) is 0 Å². The minimum Gasteiger partial charge on any atom is -0.305 e. The second-order valence-corrected chi connectivity index (χ2v) is 3.54. The number of hydrogen-bond acceptors (Lipinski definition) is 2. The molecule has 1 N–H and O–H groups in total. The molecule has 0 aromatic carbocycles. The van der Waals surface area contributed by atoms with Crippen LogP contribution in [-0.2, 0) is 4.79 Å². The van der Waals surface area contributed by atoms with Crippen LogP contribution in [0.1, 0.15) is 39.5 Å². The summed E-state index contributed by atoms with van der Waals surface area (Å²) in [5, 5.41) is 3.27. The van der Waals surface area contributed by atoms with Crippen molar-refractivity contribution >= 4 is 5.78 Å². The highest BCUT2D eigenvalue weighted by Gasteiger charge is 2.34. The monoisotopic (exact) mass is 155 g/mol. The number of nitrogens with one attached hydrogen (secondary N) is 1. The van der Waals surface area contributed by atoms with Crippen LogP contribution in [0.5, 0.6) is 0 Å². The van der Waals surface area contributed by atoms with E-state index in [1.165, 1.54) is 0 Å². The van der Waals surface area contributed by atoms with Gasteiger partial charge in [0.15, 0.2) is 5.78 Å². The van der Waals surface area contributed by atoms with Crippen molar-refractivity contribution in [1.29, 1.82) is 0 Å². The Hall–Kier alpha value is -0.370. The van der Waals surface area contributed by atoms with Crippen LogP contribution in [0.25, 0.3) is 0 Å². The van der Waals surface area contributed by atoms with Crippen LogP contribution in [-0.4, -0.2) is 17.9 Å². The van der Waals surface area contributed by atoms with Gasteiger partial charge >= 0.3 is 0 Å². The maximum Gasteiger partial charge on any atom is 0.152 e. The molecule has 1 heterocycles. The molecule has 1 aliphatic rings. The smallest absolute Gasteiger partial charge is 0.152 e. The van der Waals surface area contributed by atoms with Gasteiger partial charge in [0, 0.05) is 6.42 Å². The average molecular weight is 155 g/mol. The van der Waals surface area contributed by atoms with Crippen LogP contribution in [0.4, 0.5) is 0 Å². The summed E-state index contributed by atoms with van der Waals surface area (Å²) in [5.74, 6) is 0.387. The Morgan fingerprint density at radius 1 is 1.64 bits per heavy atom. The molecular formula is C9H17NO.